The second kappa shape index (κ2) is 7.26. The van der Waals surface area contributed by atoms with Gasteiger partial charge in [0.2, 0.25) is 0 Å². The lowest BCUT2D eigenvalue weighted by Crippen LogP contribution is -2.43. The minimum Gasteiger partial charge on any atom is -0.444 e. The number of pyridine rings is 1. The maximum absolute atomic E-state index is 13.7. The average molecular weight is 421 g/mol. The lowest BCUT2D eigenvalue weighted by Gasteiger charge is -2.34. The number of aliphatic hydroxyl groups excluding tert-OH is 1. The van der Waals surface area contributed by atoms with Crippen LogP contribution in [0.15, 0.2) is 24.3 Å². The molecule has 156 valence electrons. The monoisotopic (exact) mass is 420 g/mol. The van der Waals surface area contributed by atoms with Crippen molar-refractivity contribution in [2.75, 3.05) is 0 Å². The summed E-state index contributed by atoms with van der Waals surface area (Å²) in [5.41, 5.74) is 2.05. The van der Waals surface area contributed by atoms with Gasteiger partial charge in [-0.15, -0.1) is 0 Å². The Labute approximate surface area is 175 Å². The van der Waals surface area contributed by atoms with Crippen molar-refractivity contribution < 1.29 is 19.0 Å². The number of carbonyl (C=O) groups is 1. The van der Waals surface area contributed by atoms with Gasteiger partial charge in [-0.05, 0) is 71.4 Å². The number of hydrogen-bond acceptors (Lipinski definition) is 4. The summed E-state index contributed by atoms with van der Waals surface area (Å²) in [7, 11) is 0. The number of fused-ring (bicyclic) bond motifs is 1. The smallest absolute Gasteiger partial charge is 0.411 e. The van der Waals surface area contributed by atoms with Crippen molar-refractivity contribution >= 4 is 17.7 Å². The standard InChI is InChI=1S/C22H26ClFN2O3/c1-12(27)18-10-15-14(19(25-18)13-7-8-17(24)16(23)9-13)11-26(22(15,5)6)20(28)29-21(2,3)4/h7-10,12,27H,11H2,1-6H3. The quantitative estimate of drug-likeness (QED) is 0.688. The van der Waals surface area contributed by atoms with Gasteiger partial charge in [-0.1, -0.05) is 11.6 Å². The van der Waals surface area contributed by atoms with Gasteiger partial charge < -0.3 is 9.84 Å². The van der Waals surface area contributed by atoms with Crippen molar-refractivity contribution in [1.82, 2.24) is 9.88 Å². The maximum Gasteiger partial charge on any atom is 0.411 e. The van der Waals surface area contributed by atoms with Gasteiger partial charge in [0.15, 0.2) is 0 Å². The zero-order valence-corrected chi connectivity index (χ0v) is 18.3. The summed E-state index contributed by atoms with van der Waals surface area (Å²) in [5.74, 6) is -0.519. The molecule has 1 aliphatic heterocycles. The van der Waals surface area contributed by atoms with Crippen LogP contribution in [0.5, 0.6) is 0 Å². The van der Waals surface area contributed by atoms with E-state index in [1.807, 2.05) is 40.7 Å². The van der Waals surface area contributed by atoms with Gasteiger partial charge >= 0.3 is 6.09 Å². The Bertz CT molecular complexity index is 967. The third-order valence-corrected chi connectivity index (χ3v) is 5.32. The molecule has 1 unspecified atom stereocenters. The molecule has 0 radical (unpaired) electrons. The molecule has 1 N–H and O–H groups in total. The van der Waals surface area contributed by atoms with E-state index in [9.17, 15) is 14.3 Å². The molecule has 0 saturated carbocycles. The fraction of sp³-hybridized carbons (Fsp3) is 0.455. The molecular weight excluding hydrogens is 395 g/mol. The molecule has 1 aliphatic rings. The number of carbonyl (C=O) groups excluding carboxylic acids is 1. The van der Waals surface area contributed by atoms with Crippen LogP contribution in [0, 0.1) is 5.82 Å². The van der Waals surface area contributed by atoms with Crippen LogP contribution in [0.4, 0.5) is 9.18 Å². The van der Waals surface area contributed by atoms with Gasteiger partial charge in [0.05, 0.1) is 34.6 Å². The molecule has 1 aromatic heterocycles. The highest BCUT2D eigenvalue weighted by Crippen LogP contribution is 2.44. The van der Waals surface area contributed by atoms with Crippen LogP contribution in [0.3, 0.4) is 0 Å². The molecule has 7 heteroatoms. The number of nitrogens with zero attached hydrogens (tertiary/aromatic N) is 2. The number of halogens is 2. The first-order chi connectivity index (χ1) is 13.3. The van der Waals surface area contributed by atoms with Crippen LogP contribution >= 0.6 is 11.6 Å². The summed E-state index contributed by atoms with van der Waals surface area (Å²) < 4.78 is 19.3. The van der Waals surface area contributed by atoms with Crippen molar-refractivity contribution in [2.45, 2.75) is 65.3 Å². The molecule has 1 aromatic carbocycles. The van der Waals surface area contributed by atoms with E-state index in [0.717, 1.165) is 11.1 Å². The molecule has 3 rings (SSSR count). The maximum atomic E-state index is 13.7. The molecule has 0 saturated heterocycles. The number of hydrogen-bond donors (Lipinski definition) is 1. The van der Waals surface area contributed by atoms with Crippen LogP contribution in [0.25, 0.3) is 11.3 Å². The van der Waals surface area contributed by atoms with Crippen LogP contribution in [0.1, 0.15) is 64.5 Å². The van der Waals surface area contributed by atoms with Gasteiger partial charge in [0.1, 0.15) is 11.4 Å². The van der Waals surface area contributed by atoms with Gasteiger partial charge in [-0.2, -0.15) is 0 Å². The highest BCUT2D eigenvalue weighted by molar-refractivity contribution is 6.31. The van der Waals surface area contributed by atoms with Crippen molar-refractivity contribution in [2.24, 2.45) is 0 Å². The number of aliphatic hydroxyl groups is 1. The molecule has 0 aliphatic carbocycles. The molecule has 2 heterocycles. The van der Waals surface area contributed by atoms with E-state index >= 15 is 0 Å². The molecule has 0 spiro atoms. The second-order valence-electron chi connectivity index (χ2n) is 8.85. The molecule has 2 aromatic rings. The zero-order chi connectivity index (χ0) is 21.7. The molecule has 1 amide bonds. The Hall–Kier alpha value is -2.18. The third kappa shape index (κ3) is 4.09. The molecule has 0 fully saturated rings. The normalized spacial score (nSPS) is 16.5. The fourth-order valence-electron chi connectivity index (χ4n) is 3.50. The van der Waals surface area contributed by atoms with E-state index in [4.69, 9.17) is 16.3 Å². The van der Waals surface area contributed by atoms with Crippen molar-refractivity contribution in [3.05, 3.63) is 51.9 Å². The first kappa shape index (κ1) is 21.5. The average Bonchev–Trinajstić information content (AvgIpc) is 2.86. The van der Waals surface area contributed by atoms with Gasteiger partial charge in [-0.25, -0.2) is 14.2 Å². The summed E-state index contributed by atoms with van der Waals surface area (Å²) in [4.78, 5) is 19.1. The summed E-state index contributed by atoms with van der Waals surface area (Å²) in [5, 5.41) is 10.2. The van der Waals surface area contributed by atoms with Crippen LogP contribution < -0.4 is 0 Å². The molecule has 5 nitrogen and oxygen atoms in total. The van der Waals surface area contributed by atoms with Crippen LogP contribution in [-0.4, -0.2) is 26.7 Å². The van der Waals surface area contributed by atoms with Crippen molar-refractivity contribution in [3.8, 4) is 11.3 Å². The molecule has 1 atom stereocenters. The summed E-state index contributed by atoms with van der Waals surface area (Å²) in [6.45, 7) is 11.2. The van der Waals surface area contributed by atoms with Crippen molar-refractivity contribution in [1.29, 1.82) is 0 Å². The summed E-state index contributed by atoms with van der Waals surface area (Å²) in [6, 6.07) is 6.21. The molecule has 29 heavy (non-hydrogen) atoms. The van der Waals surface area contributed by atoms with Crippen molar-refractivity contribution in [3.63, 3.8) is 0 Å². The predicted molar refractivity (Wildman–Crippen MR) is 110 cm³/mol. The van der Waals surface area contributed by atoms with E-state index in [0.29, 0.717) is 17.0 Å². The minimum absolute atomic E-state index is 0.0123. The second-order valence-corrected chi connectivity index (χ2v) is 9.26. The van der Waals surface area contributed by atoms with E-state index in [1.54, 1.807) is 17.9 Å². The number of amides is 1. The SMILES string of the molecule is CC(O)c1cc2c(c(-c3ccc(F)c(Cl)c3)n1)CN(C(=O)OC(C)(C)C)C2(C)C. The largest absolute Gasteiger partial charge is 0.444 e. The zero-order valence-electron chi connectivity index (χ0n) is 17.5. The Balaban J connectivity index is 2.16. The number of benzene rings is 1. The Morgan fingerprint density at radius 3 is 2.55 bits per heavy atom. The molecular formula is C22H26ClFN2O3. The summed E-state index contributed by atoms with van der Waals surface area (Å²) in [6.07, 6.45) is -1.23. The number of ether oxygens (including phenoxy) is 1. The topological polar surface area (TPSA) is 62.7 Å². The number of aromatic nitrogens is 1. The lowest BCUT2D eigenvalue weighted by atomic mass is 9.91. The van der Waals surface area contributed by atoms with E-state index in [1.165, 1.54) is 12.1 Å². The Morgan fingerprint density at radius 1 is 1.34 bits per heavy atom. The van der Waals surface area contributed by atoms with E-state index in [-0.39, 0.29) is 11.6 Å². The van der Waals surface area contributed by atoms with E-state index in [2.05, 4.69) is 4.98 Å². The third-order valence-electron chi connectivity index (χ3n) is 5.03. The summed E-state index contributed by atoms with van der Waals surface area (Å²) >= 11 is 5.99. The van der Waals surface area contributed by atoms with Gasteiger partial charge in [-0.3, -0.25) is 4.90 Å². The highest BCUT2D eigenvalue weighted by Gasteiger charge is 2.44. The Kier molecular flexibility index (Phi) is 5.39. The van der Waals surface area contributed by atoms with Gasteiger partial charge in [0, 0.05) is 11.1 Å². The number of rotatable bonds is 2. The molecule has 0 bridgehead atoms. The predicted octanol–water partition coefficient (Wildman–Crippen LogP) is 5.58. The Morgan fingerprint density at radius 2 is 2.00 bits per heavy atom. The fourth-order valence-corrected chi connectivity index (χ4v) is 3.69. The first-order valence-corrected chi connectivity index (χ1v) is 9.87. The van der Waals surface area contributed by atoms with E-state index < -0.39 is 29.2 Å². The van der Waals surface area contributed by atoms with Crippen LogP contribution in [0.2, 0.25) is 5.02 Å². The van der Waals surface area contributed by atoms with Crippen LogP contribution in [-0.2, 0) is 16.8 Å². The highest BCUT2D eigenvalue weighted by atomic mass is 35.5. The lowest BCUT2D eigenvalue weighted by molar-refractivity contribution is 0.00520. The first-order valence-electron chi connectivity index (χ1n) is 9.49. The van der Waals surface area contributed by atoms with Gasteiger partial charge in [0.25, 0.3) is 0 Å². The minimum atomic E-state index is -0.804.